The van der Waals surface area contributed by atoms with Crippen molar-refractivity contribution >= 4 is 5.91 Å². The van der Waals surface area contributed by atoms with Crippen LogP contribution < -0.4 is 5.32 Å². The minimum atomic E-state index is -2.58. The van der Waals surface area contributed by atoms with E-state index in [1.165, 1.54) is 0 Å². The molecule has 1 amide bonds. The number of alkyl halides is 2. The van der Waals surface area contributed by atoms with Gasteiger partial charge in [0.1, 0.15) is 0 Å². The Balaban J connectivity index is 1.72. The molecule has 18 heavy (non-hydrogen) atoms. The van der Waals surface area contributed by atoms with Crippen molar-refractivity contribution in [3.63, 3.8) is 0 Å². The summed E-state index contributed by atoms with van der Waals surface area (Å²) in [6, 6.07) is 0. The summed E-state index contributed by atoms with van der Waals surface area (Å²) in [5.74, 6) is -2.84. The molecule has 5 heteroatoms. The van der Waals surface area contributed by atoms with E-state index in [4.69, 9.17) is 0 Å². The average molecular weight is 261 g/mol. The maximum absolute atomic E-state index is 13.0. The Labute approximate surface area is 106 Å². The van der Waals surface area contributed by atoms with Crippen molar-refractivity contribution in [2.75, 3.05) is 6.54 Å². The van der Waals surface area contributed by atoms with Gasteiger partial charge in [-0.15, -0.1) is 0 Å². The summed E-state index contributed by atoms with van der Waals surface area (Å²) in [5.41, 5.74) is 0. The summed E-state index contributed by atoms with van der Waals surface area (Å²) in [5, 5.41) is 12.4. The lowest BCUT2D eigenvalue weighted by Crippen LogP contribution is -2.39. The molecule has 104 valence electrons. The lowest BCUT2D eigenvalue weighted by Gasteiger charge is -2.28. The molecule has 2 fully saturated rings. The van der Waals surface area contributed by atoms with Crippen molar-refractivity contribution in [3.8, 4) is 0 Å². The normalized spacial score (nSPS) is 32.4. The number of carbonyl (C=O) groups excluding carboxylic acids is 1. The Kier molecular flexibility index (Phi) is 4.20. The van der Waals surface area contributed by atoms with Gasteiger partial charge in [-0.25, -0.2) is 8.78 Å². The van der Waals surface area contributed by atoms with Gasteiger partial charge in [-0.05, 0) is 25.7 Å². The van der Waals surface area contributed by atoms with Crippen molar-refractivity contribution < 1.29 is 18.7 Å². The van der Waals surface area contributed by atoms with E-state index >= 15 is 0 Å². The molecule has 0 saturated heterocycles. The summed E-state index contributed by atoms with van der Waals surface area (Å²) < 4.78 is 25.9. The summed E-state index contributed by atoms with van der Waals surface area (Å²) in [7, 11) is 0. The second-order valence-corrected chi connectivity index (χ2v) is 5.63. The van der Waals surface area contributed by atoms with E-state index in [1.54, 1.807) is 0 Å². The summed E-state index contributed by atoms with van der Waals surface area (Å²) in [6.07, 6.45) is 2.59. The quantitative estimate of drug-likeness (QED) is 0.817. The van der Waals surface area contributed by atoms with Gasteiger partial charge in [0.05, 0.1) is 6.10 Å². The fraction of sp³-hybridized carbons (Fsp3) is 0.923. The molecule has 3 nitrogen and oxygen atoms in total. The highest BCUT2D eigenvalue weighted by molar-refractivity contribution is 5.78. The number of rotatable bonds is 3. The summed E-state index contributed by atoms with van der Waals surface area (Å²) in [4.78, 5) is 11.8. The molecular formula is C13H21F2NO2. The predicted octanol–water partition coefficient (Wildman–Crippen LogP) is 2.09. The van der Waals surface area contributed by atoms with E-state index in [1.807, 2.05) is 0 Å². The van der Waals surface area contributed by atoms with Crippen LogP contribution in [0, 0.1) is 11.8 Å². The molecule has 0 aliphatic heterocycles. The van der Waals surface area contributed by atoms with Crippen molar-refractivity contribution in [2.24, 2.45) is 11.8 Å². The van der Waals surface area contributed by atoms with E-state index in [0.29, 0.717) is 6.54 Å². The van der Waals surface area contributed by atoms with Crippen LogP contribution in [-0.4, -0.2) is 29.6 Å². The molecule has 2 N–H and O–H groups in total. The zero-order valence-corrected chi connectivity index (χ0v) is 10.5. The van der Waals surface area contributed by atoms with Crippen LogP contribution >= 0.6 is 0 Å². The molecule has 2 saturated carbocycles. The topological polar surface area (TPSA) is 49.3 Å². The Morgan fingerprint density at radius 3 is 2.44 bits per heavy atom. The zero-order chi connectivity index (χ0) is 13.2. The van der Waals surface area contributed by atoms with Crippen LogP contribution in [-0.2, 0) is 4.79 Å². The molecule has 0 radical (unpaired) electrons. The van der Waals surface area contributed by atoms with Gasteiger partial charge in [-0.3, -0.25) is 4.79 Å². The van der Waals surface area contributed by atoms with Crippen molar-refractivity contribution in [1.82, 2.24) is 5.32 Å². The first-order chi connectivity index (χ1) is 8.48. The van der Waals surface area contributed by atoms with Crippen LogP contribution in [0.4, 0.5) is 8.78 Å². The van der Waals surface area contributed by atoms with Crippen LogP contribution in [0.1, 0.15) is 44.9 Å². The number of amides is 1. The van der Waals surface area contributed by atoms with Gasteiger partial charge in [-0.1, -0.05) is 6.42 Å². The number of hydrogen-bond donors (Lipinski definition) is 2. The van der Waals surface area contributed by atoms with Crippen molar-refractivity contribution in [2.45, 2.75) is 57.0 Å². The van der Waals surface area contributed by atoms with Crippen LogP contribution in [0.25, 0.3) is 0 Å². The lowest BCUT2D eigenvalue weighted by molar-refractivity contribution is -0.129. The maximum Gasteiger partial charge on any atom is 0.248 e. The summed E-state index contributed by atoms with van der Waals surface area (Å²) >= 11 is 0. The zero-order valence-electron chi connectivity index (χ0n) is 10.5. The third-order valence-electron chi connectivity index (χ3n) is 4.25. The molecule has 2 atom stereocenters. The molecule has 0 aromatic carbocycles. The van der Waals surface area contributed by atoms with E-state index in [2.05, 4.69) is 5.32 Å². The molecule has 2 aliphatic rings. The van der Waals surface area contributed by atoms with Gasteiger partial charge in [0, 0.05) is 31.2 Å². The van der Waals surface area contributed by atoms with Crippen molar-refractivity contribution in [3.05, 3.63) is 0 Å². The molecule has 2 rings (SSSR count). The Morgan fingerprint density at radius 2 is 1.89 bits per heavy atom. The molecule has 0 bridgehead atoms. The van der Waals surface area contributed by atoms with E-state index < -0.39 is 5.92 Å². The maximum atomic E-state index is 13.0. The molecule has 2 unspecified atom stereocenters. The number of halogens is 2. The largest absolute Gasteiger partial charge is 0.393 e. The van der Waals surface area contributed by atoms with E-state index in [9.17, 15) is 18.7 Å². The van der Waals surface area contributed by atoms with Crippen molar-refractivity contribution in [1.29, 1.82) is 0 Å². The molecule has 0 heterocycles. The third kappa shape index (κ3) is 3.40. The standard InChI is InChI=1S/C13H21F2NO2/c14-13(15)6-4-9(5-7-13)12(18)16-8-10-2-1-3-11(10)17/h9-11,17H,1-8H2,(H,16,18). The van der Waals surface area contributed by atoms with Crippen LogP contribution in [0.2, 0.25) is 0 Å². The number of nitrogens with one attached hydrogen (secondary N) is 1. The van der Waals surface area contributed by atoms with Gasteiger partial charge < -0.3 is 10.4 Å². The third-order valence-corrected chi connectivity index (χ3v) is 4.25. The first kappa shape index (κ1) is 13.7. The van der Waals surface area contributed by atoms with E-state index in [0.717, 1.165) is 19.3 Å². The Morgan fingerprint density at radius 1 is 1.22 bits per heavy atom. The first-order valence-electron chi connectivity index (χ1n) is 6.81. The molecular weight excluding hydrogens is 240 g/mol. The molecule has 0 aromatic rings. The van der Waals surface area contributed by atoms with Gasteiger partial charge in [-0.2, -0.15) is 0 Å². The number of hydrogen-bond acceptors (Lipinski definition) is 2. The van der Waals surface area contributed by atoms with Crippen LogP contribution in [0.15, 0.2) is 0 Å². The number of aliphatic hydroxyl groups is 1. The predicted molar refractivity (Wildman–Crippen MR) is 63.3 cm³/mol. The second-order valence-electron chi connectivity index (χ2n) is 5.63. The van der Waals surface area contributed by atoms with Gasteiger partial charge in [0.2, 0.25) is 11.8 Å². The van der Waals surface area contributed by atoms with Gasteiger partial charge >= 0.3 is 0 Å². The van der Waals surface area contributed by atoms with E-state index in [-0.39, 0.29) is 49.5 Å². The molecule has 2 aliphatic carbocycles. The number of aliphatic hydroxyl groups excluding tert-OH is 1. The van der Waals surface area contributed by atoms with Gasteiger partial charge in [0.15, 0.2) is 0 Å². The number of carbonyl (C=O) groups is 1. The summed E-state index contributed by atoms with van der Waals surface area (Å²) in [6.45, 7) is 0.479. The smallest absolute Gasteiger partial charge is 0.248 e. The minimum absolute atomic E-state index is 0.121. The van der Waals surface area contributed by atoms with Crippen LogP contribution in [0.3, 0.4) is 0 Å². The fourth-order valence-corrected chi connectivity index (χ4v) is 2.93. The fourth-order valence-electron chi connectivity index (χ4n) is 2.93. The molecule has 0 spiro atoms. The average Bonchev–Trinajstić information content (AvgIpc) is 2.72. The van der Waals surface area contributed by atoms with Gasteiger partial charge in [0.25, 0.3) is 0 Å². The monoisotopic (exact) mass is 261 g/mol. The minimum Gasteiger partial charge on any atom is -0.393 e. The Bertz CT molecular complexity index is 299. The first-order valence-corrected chi connectivity index (χ1v) is 6.81. The Hall–Kier alpha value is -0.710. The second kappa shape index (κ2) is 5.51. The highest BCUT2D eigenvalue weighted by Gasteiger charge is 2.37. The SMILES string of the molecule is O=C(NCC1CCCC1O)C1CCC(F)(F)CC1. The highest BCUT2D eigenvalue weighted by Crippen LogP contribution is 2.36. The van der Waals surface area contributed by atoms with Crippen LogP contribution in [0.5, 0.6) is 0 Å². The lowest BCUT2D eigenvalue weighted by atomic mass is 9.86. The highest BCUT2D eigenvalue weighted by atomic mass is 19.3. The molecule has 0 aromatic heterocycles.